The van der Waals surface area contributed by atoms with Crippen molar-refractivity contribution >= 4 is 38.5 Å². The summed E-state index contributed by atoms with van der Waals surface area (Å²) in [5, 5.41) is 2.03. The van der Waals surface area contributed by atoms with Crippen molar-refractivity contribution in [3.63, 3.8) is 0 Å². The number of hydrogen-bond donors (Lipinski definition) is 0. The van der Waals surface area contributed by atoms with Gasteiger partial charge in [0.25, 0.3) is 0 Å². The van der Waals surface area contributed by atoms with E-state index in [4.69, 9.17) is 4.74 Å². The second-order valence-electron chi connectivity index (χ2n) is 5.43. The van der Waals surface area contributed by atoms with E-state index in [-0.39, 0.29) is 0 Å². The molecule has 0 bridgehead atoms. The third-order valence-corrected chi connectivity index (χ3v) is 4.81. The van der Waals surface area contributed by atoms with Gasteiger partial charge < -0.3 is 14.5 Å². The minimum absolute atomic E-state index is 0.329. The number of anilines is 1. The molecule has 0 amide bonds. The van der Waals surface area contributed by atoms with Gasteiger partial charge in [-0.2, -0.15) is 0 Å². The number of benzene rings is 1. The smallest absolute Gasteiger partial charge is 0.357 e. The van der Waals surface area contributed by atoms with E-state index in [0.717, 1.165) is 42.8 Å². The molecule has 0 radical (unpaired) electrons. The Hall–Kier alpha value is -1.66. The molecule has 0 spiro atoms. The number of halogens is 1. The highest BCUT2D eigenvalue weighted by Crippen LogP contribution is 2.33. The Labute approximate surface area is 138 Å². The maximum atomic E-state index is 12.0. The summed E-state index contributed by atoms with van der Waals surface area (Å²) in [7, 11) is 3.49. The normalized spacial score (nSPS) is 16.0. The summed E-state index contributed by atoms with van der Waals surface area (Å²) in [6.45, 7) is 3.77. The highest BCUT2D eigenvalue weighted by molar-refractivity contribution is 9.10. The van der Waals surface area contributed by atoms with Crippen LogP contribution in [0.4, 0.5) is 5.82 Å². The van der Waals surface area contributed by atoms with Crippen LogP contribution in [0.5, 0.6) is 0 Å². The highest BCUT2D eigenvalue weighted by atomic mass is 79.9. The van der Waals surface area contributed by atoms with Gasteiger partial charge in [0.2, 0.25) is 0 Å². The van der Waals surface area contributed by atoms with E-state index in [1.54, 1.807) is 0 Å². The molecule has 2 heterocycles. The van der Waals surface area contributed by atoms with Crippen molar-refractivity contribution in [2.24, 2.45) is 0 Å². The van der Waals surface area contributed by atoms with Crippen LogP contribution >= 0.6 is 15.9 Å². The predicted octanol–water partition coefficient (Wildman–Crippen LogP) is 2.54. The molecular formula is C16H18BrN3O2. The molecule has 1 aliphatic heterocycles. The Morgan fingerprint density at radius 3 is 2.45 bits per heavy atom. The van der Waals surface area contributed by atoms with Crippen LogP contribution in [0, 0.1) is 0 Å². The molecule has 1 aromatic carbocycles. The Morgan fingerprint density at radius 1 is 1.18 bits per heavy atom. The minimum Gasteiger partial charge on any atom is -0.464 e. The zero-order valence-electron chi connectivity index (χ0n) is 12.7. The second kappa shape index (κ2) is 6.22. The topological polar surface area (TPSA) is 45.7 Å². The van der Waals surface area contributed by atoms with Crippen molar-refractivity contribution in [2.75, 3.05) is 45.2 Å². The first-order chi connectivity index (χ1) is 10.6. The second-order valence-corrected chi connectivity index (χ2v) is 6.22. The lowest BCUT2D eigenvalue weighted by Gasteiger charge is -2.34. The molecule has 1 fully saturated rings. The molecule has 1 aromatic heterocycles. The SMILES string of the molecule is COC(=O)c1nc(N2CCN(C)CC2)c2ccccc2c1Br. The number of ether oxygens (including phenoxy) is 1. The van der Waals surface area contributed by atoms with E-state index in [0.29, 0.717) is 10.2 Å². The largest absolute Gasteiger partial charge is 0.464 e. The molecule has 0 aliphatic carbocycles. The molecule has 0 atom stereocenters. The van der Waals surface area contributed by atoms with Crippen molar-refractivity contribution in [3.05, 3.63) is 34.4 Å². The number of pyridine rings is 1. The van der Waals surface area contributed by atoms with Crippen molar-refractivity contribution in [3.8, 4) is 0 Å². The van der Waals surface area contributed by atoms with Gasteiger partial charge in [-0.25, -0.2) is 9.78 Å². The number of carbonyl (C=O) groups is 1. The van der Waals surface area contributed by atoms with Gasteiger partial charge in [0.15, 0.2) is 5.69 Å². The van der Waals surface area contributed by atoms with Crippen molar-refractivity contribution < 1.29 is 9.53 Å². The Balaban J connectivity index is 2.15. The summed E-state index contributed by atoms with van der Waals surface area (Å²) in [6.07, 6.45) is 0. The van der Waals surface area contributed by atoms with Crippen LogP contribution in [0.25, 0.3) is 10.8 Å². The number of esters is 1. The zero-order valence-corrected chi connectivity index (χ0v) is 14.3. The van der Waals surface area contributed by atoms with Crippen LogP contribution in [-0.4, -0.2) is 56.2 Å². The van der Waals surface area contributed by atoms with Gasteiger partial charge in [0.1, 0.15) is 5.82 Å². The van der Waals surface area contributed by atoms with E-state index < -0.39 is 5.97 Å². The maximum Gasteiger partial charge on any atom is 0.357 e. The first-order valence-electron chi connectivity index (χ1n) is 7.22. The van der Waals surface area contributed by atoms with Crippen LogP contribution in [0.1, 0.15) is 10.5 Å². The lowest BCUT2D eigenvalue weighted by molar-refractivity contribution is 0.0593. The van der Waals surface area contributed by atoms with Gasteiger partial charge in [-0.1, -0.05) is 24.3 Å². The summed E-state index contributed by atoms with van der Waals surface area (Å²) in [6, 6.07) is 7.99. The van der Waals surface area contributed by atoms with Crippen molar-refractivity contribution in [2.45, 2.75) is 0 Å². The van der Waals surface area contributed by atoms with Gasteiger partial charge in [0, 0.05) is 37.0 Å². The van der Waals surface area contributed by atoms with Gasteiger partial charge >= 0.3 is 5.97 Å². The summed E-state index contributed by atoms with van der Waals surface area (Å²) in [5.74, 6) is 0.431. The number of aromatic nitrogens is 1. The quantitative estimate of drug-likeness (QED) is 0.767. The zero-order chi connectivity index (χ0) is 15.7. The average molecular weight is 364 g/mol. The number of carbonyl (C=O) groups excluding carboxylic acids is 1. The molecule has 1 saturated heterocycles. The molecule has 1 aliphatic rings. The van der Waals surface area contributed by atoms with Crippen LogP contribution in [0.15, 0.2) is 28.7 Å². The number of rotatable bonds is 2. The van der Waals surface area contributed by atoms with Crippen LogP contribution in [-0.2, 0) is 4.74 Å². The summed E-state index contributed by atoms with van der Waals surface area (Å²) in [4.78, 5) is 21.2. The number of piperazine rings is 1. The summed E-state index contributed by atoms with van der Waals surface area (Å²) < 4.78 is 5.56. The Bertz CT molecular complexity index is 712. The van der Waals surface area contributed by atoms with Crippen LogP contribution in [0.3, 0.4) is 0 Å². The summed E-state index contributed by atoms with van der Waals surface area (Å²) >= 11 is 3.50. The maximum absolute atomic E-state index is 12.0. The fraction of sp³-hybridized carbons (Fsp3) is 0.375. The van der Waals surface area contributed by atoms with E-state index in [2.05, 4.69) is 37.8 Å². The van der Waals surface area contributed by atoms with E-state index in [9.17, 15) is 4.79 Å². The fourth-order valence-corrected chi connectivity index (χ4v) is 3.30. The Kier molecular flexibility index (Phi) is 4.31. The van der Waals surface area contributed by atoms with Gasteiger partial charge in [-0.05, 0) is 23.0 Å². The van der Waals surface area contributed by atoms with E-state index >= 15 is 0 Å². The molecule has 0 N–H and O–H groups in total. The van der Waals surface area contributed by atoms with E-state index in [1.165, 1.54) is 7.11 Å². The Morgan fingerprint density at radius 2 is 1.82 bits per heavy atom. The number of nitrogens with zero attached hydrogens (tertiary/aromatic N) is 3. The molecule has 0 unspecified atom stereocenters. The minimum atomic E-state index is -0.423. The standard InChI is InChI=1S/C16H18BrN3O2/c1-19-7-9-20(10-8-19)15-12-6-4-3-5-11(12)13(17)14(18-15)16(21)22-2/h3-6H,7-10H2,1-2H3. The predicted molar refractivity (Wildman–Crippen MR) is 90.5 cm³/mol. The molecule has 22 heavy (non-hydrogen) atoms. The van der Waals surface area contributed by atoms with E-state index in [1.807, 2.05) is 24.3 Å². The lowest BCUT2D eigenvalue weighted by atomic mass is 10.1. The summed E-state index contributed by atoms with van der Waals surface area (Å²) in [5.41, 5.74) is 0.329. The van der Waals surface area contributed by atoms with Crippen LogP contribution in [0.2, 0.25) is 0 Å². The van der Waals surface area contributed by atoms with Gasteiger partial charge in [-0.15, -0.1) is 0 Å². The first-order valence-corrected chi connectivity index (χ1v) is 8.01. The highest BCUT2D eigenvalue weighted by Gasteiger charge is 2.23. The number of hydrogen-bond acceptors (Lipinski definition) is 5. The molecular weight excluding hydrogens is 346 g/mol. The molecule has 3 rings (SSSR count). The third kappa shape index (κ3) is 2.68. The third-order valence-electron chi connectivity index (χ3n) is 4.01. The van der Waals surface area contributed by atoms with Gasteiger partial charge in [0.05, 0.1) is 11.6 Å². The van der Waals surface area contributed by atoms with Crippen LogP contribution < -0.4 is 4.90 Å². The molecule has 2 aromatic rings. The lowest BCUT2D eigenvalue weighted by Crippen LogP contribution is -2.45. The molecule has 0 saturated carbocycles. The molecule has 116 valence electrons. The number of methoxy groups -OCH3 is 1. The average Bonchev–Trinajstić information content (AvgIpc) is 2.56. The molecule has 5 nitrogen and oxygen atoms in total. The van der Waals surface area contributed by atoms with Crippen molar-refractivity contribution in [1.29, 1.82) is 0 Å². The number of likely N-dealkylation sites (N-methyl/N-ethyl adjacent to an activating group) is 1. The monoisotopic (exact) mass is 363 g/mol. The fourth-order valence-electron chi connectivity index (χ4n) is 2.70. The number of fused-ring (bicyclic) bond motifs is 1. The first kappa shape index (κ1) is 15.2. The van der Waals surface area contributed by atoms with Gasteiger partial charge in [-0.3, -0.25) is 0 Å². The molecule has 6 heteroatoms. The van der Waals surface area contributed by atoms with Crippen molar-refractivity contribution in [1.82, 2.24) is 9.88 Å².